The Balaban J connectivity index is 1.78. The number of aryl methyl sites for hydroxylation is 2. The van der Waals surface area contributed by atoms with Crippen LogP contribution in [0.2, 0.25) is 0 Å². The molecule has 2 aromatic heterocycles. The molecule has 0 aliphatic heterocycles. The van der Waals surface area contributed by atoms with Crippen molar-refractivity contribution in [2.24, 2.45) is 7.05 Å². The fourth-order valence-electron chi connectivity index (χ4n) is 3.46. The molecule has 1 saturated carbocycles. The van der Waals surface area contributed by atoms with E-state index in [1.54, 1.807) is 11.0 Å². The van der Waals surface area contributed by atoms with Gasteiger partial charge in [0.1, 0.15) is 6.33 Å². The minimum absolute atomic E-state index is 0.110. The Bertz CT molecular complexity index is 710. The number of hydrogen-bond acceptors (Lipinski definition) is 4. The lowest BCUT2D eigenvalue weighted by Gasteiger charge is -2.18. The van der Waals surface area contributed by atoms with E-state index in [1.165, 1.54) is 12.8 Å². The predicted molar refractivity (Wildman–Crippen MR) is 86.1 cm³/mol. The molecule has 2 heterocycles. The minimum Gasteiger partial charge on any atom is -0.342 e. The van der Waals surface area contributed by atoms with E-state index >= 15 is 0 Å². The van der Waals surface area contributed by atoms with Crippen LogP contribution in [-0.2, 0) is 7.05 Å². The summed E-state index contributed by atoms with van der Waals surface area (Å²) >= 11 is 0. The molecule has 124 valence electrons. The highest BCUT2D eigenvalue weighted by Gasteiger charge is 2.25. The summed E-state index contributed by atoms with van der Waals surface area (Å²) in [6.45, 7) is 5.71. The van der Waals surface area contributed by atoms with Crippen molar-refractivity contribution in [1.82, 2.24) is 29.9 Å². The zero-order valence-electron chi connectivity index (χ0n) is 14.2. The number of rotatable bonds is 4. The van der Waals surface area contributed by atoms with Crippen LogP contribution in [0.1, 0.15) is 72.3 Å². The Morgan fingerprint density at radius 3 is 2.65 bits per heavy atom. The number of nitrogens with zero attached hydrogens (tertiary/aromatic N) is 5. The van der Waals surface area contributed by atoms with E-state index < -0.39 is 0 Å². The summed E-state index contributed by atoms with van der Waals surface area (Å²) in [7, 11) is 1.85. The maximum atomic E-state index is 12.6. The zero-order valence-corrected chi connectivity index (χ0v) is 14.2. The molecule has 1 aliphatic rings. The highest BCUT2D eigenvalue weighted by atomic mass is 16.1. The van der Waals surface area contributed by atoms with Gasteiger partial charge in [0.25, 0.3) is 5.91 Å². The van der Waals surface area contributed by atoms with Gasteiger partial charge in [-0.05, 0) is 33.6 Å². The van der Waals surface area contributed by atoms with E-state index in [4.69, 9.17) is 0 Å². The van der Waals surface area contributed by atoms with Crippen molar-refractivity contribution in [3.8, 4) is 0 Å². The van der Waals surface area contributed by atoms with Crippen molar-refractivity contribution in [2.75, 3.05) is 0 Å². The fourth-order valence-corrected chi connectivity index (χ4v) is 3.46. The van der Waals surface area contributed by atoms with Crippen LogP contribution in [0, 0.1) is 13.8 Å². The van der Waals surface area contributed by atoms with E-state index in [0.29, 0.717) is 11.6 Å². The lowest BCUT2D eigenvalue weighted by atomic mass is 10.1. The Kier molecular flexibility index (Phi) is 4.19. The predicted octanol–water partition coefficient (Wildman–Crippen LogP) is 2.23. The third-order valence-corrected chi connectivity index (χ3v) is 4.79. The quantitative estimate of drug-likeness (QED) is 0.938. The lowest BCUT2D eigenvalue weighted by Crippen LogP contribution is -2.30. The molecule has 7 heteroatoms. The monoisotopic (exact) mass is 316 g/mol. The minimum atomic E-state index is -0.190. The highest BCUT2D eigenvalue weighted by Crippen LogP contribution is 2.31. The van der Waals surface area contributed by atoms with Crippen LogP contribution in [0.25, 0.3) is 0 Å². The Labute approximate surface area is 136 Å². The van der Waals surface area contributed by atoms with Crippen molar-refractivity contribution in [1.29, 1.82) is 0 Å². The second-order valence-corrected chi connectivity index (χ2v) is 6.40. The standard InChI is InChI=1S/C16H24N6O/c1-10-14(12(3)21(4)20-10)16(23)18-11(2)15-19-17-9-22(15)13-7-5-6-8-13/h9,11,13H,5-8H2,1-4H3,(H,18,23)/t11-/m1/s1. The van der Waals surface area contributed by atoms with Gasteiger partial charge in [0.15, 0.2) is 5.82 Å². The van der Waals surface area contributed by atoms with Gasteiger partial charge in [-0.3, -0.25) is 9.48 Å². The van der Waals surface area contributed by atoms with Gasteiger partial charge in [0.2, 0.25) is 0 Å². The second-order valence-electron chi connectivity index (χ2n) is 6.40. The molecule has 1 aliphatic carbocycles. The number of amides is 1. The molecule has 0 radical (unpaired) electrons. The molecule has 3 rings (SSSR count). The highest BCUT2D eigenvalue weighted by molar-refractivity contribution is 5.96. The van der Waals surface area contributed by atoms with Gasteiger partial charge in [-0.2, -0.15) is 5.10 Å². The van der Waals surface area contributed by atoms with Crippen LogP contribution in [0.15, 0.2) is 6.33 Å². The van der Waals surface area contributed by atoms with Gasteiger partial charge < -0.3 is 9.88 Å². The first kappa shape index (κ1) is 15.7. The van der Waals surface area contributed by atoms with Crippen LogP contribution >= 0.6 is 0 Å². The molecule has 0 saturated heterocycles. The average molecular weight is 316 g/mol. The summed E-state index contributed by atoms with van der Waals surface area (Å²) in [4.78, 5) is 12.6. The van der Waals surface area contributed by atoms with E-state index in [9.17, 15) is 4.79 Å². The molecule has 1 amide bonds. The molecular weight excluding hydrogens is 292 g/mol. The number of hydrogen-bond donors (Lipinski definition) is 1. The summed E-state index contributed by atoms with van der Waals surface area (Å²) in [5.41, 5.74) is 2.25. The summed E-state index contributed by atoms with van der Waals surface area (Å²) in [6, 6.07) is 0.269. The maximum absolute atomic E-state index is 12.6. The molecule has 1 N–H and O–H groups in total. The molecule has 1 fully saturated rings. The van der Waals surface area contributed by atoms with Crippen LogP contribution in [0.5, 0.6) is 0 Å². The summed E-state index contributed by atoms with van der Waals surface area (Å²) in [5, 5.41) is 15.6. The molecule has 2 aromatic rings. The number of carbonyl (C=O) groups excluding carboxylic acids is 1. The van der Waals surface area contributed by atoms with E-state index in [1.807, 2.05) is 27.8 Å². The average Bonchev–Trinajstić information content (AvgIpc) is 3.20. The van der Waals surface area contributed by atoms with Crippen LogP contribution in [-0.4, -0.2) is 30.5 Å². The first-order valence-corrected chi connectivity index (χ1v) is 8.19. The molecule has 0 aromatic carbocycles. The second kappa shape index (κ2) is 6.14. The SMILES string of the molecule is Cc1nn(C)c(C)c1C(=O)N[C@H](C)c1nncn1C1CCCC1. The molecule has 0 spiro atoms. The van der Waals surface area contributed by atoms with Gasteiger partial charge in [-0.15, -0.1) is 10.2 Å². The van der Waals surface area contributed by atoms with Crippen molar-refractivity contribution in [2.45, 2.75) is 58.5 Å². The van der Waals surface area contributed by atoms with E-state index in [0.717, 1.165) is 30.1 Å². The maximum Gasteiger partial charge on any atom is 0.255 e. The Morgan fingerprint density at radius 2 is 2.04 bits per heavy atom. The molecule has 0 unspecified atom stereocenters. The number of nitrogens with one attached hydrogen (secondary N) is 1. The molecule has 7 nitrogen and oxygen atoms in total. The van der Waals surface area contributed by atoms with Crippen molar-refractivity contribution in [3.63, 3.8) is 0 Å². The summed E-state index contributed by atoms with van der Waals surface area (Å²) < 4.78 is 3.86. The topological polar surface area (TPSA) is 77.6 Å². The third-order valence-electron chi connectivity index (χ3n) is 4.79. The summed E-state index contributed by atoms with van der Waals surface area (Å²) in [6.07, 6.45) is 6.60. The Hall–Kier alpha value is -2.18. The fraction of sp³-hybridized carbons (Fsp3) is 0.625. The molecule has 0 bridgehead atoms. The van der Waals surface area contributed by atoms with Gasteiger partial charge in [0, 0.05) is 18.8 Å². The van der Waals surface area contributed by atoms with Gasteiger partial charge in [-0.1, -0.05) is 12.8 Å². The largest absolute Gasteiger partial charge is 0.342 e. The van der Waals surface area contributed by atoms with Gasteiger partial charge >= 0.3 is 0 Å². The summed E-state index contributed by atoms with van der Waals surface area (Å²) in [5.74, 6) is 0.714. The zero-order chi connectivity index (χ0) is 16.6. The first-order chi connectivity index (χ1) is 11.0. The number of carbonyl (C=O) groups is 1. The molecule has 1 atom stereocenters. The molecular formula is C16H24N6O. The van der Waals surface area contributed by atoms with Crippen molar-refractivity contribution >= 4 is 5.91 Å². The van der Waals surface area contributed by atoms with E-state index in [2.05, 4.69) is 25.2 Å². The van der Waals surface area contributed by atoms with Crippen LogP contribution in [0.3, 0.4) is 0 Å². The normalized spacial score (nSPS) is 16.7. The van der Waals surface area contributed by atoms with Gasteiger partial charge in [0.05, 0.1) is 17.3 Å². The van der Waals surface area contributed by atoms with Crippen molar-refractivity contribution < 1.29 is 4.79 Å². The van der Waals surface area contributed by atoms with Gasteiger partial charge in [-0.25, -0.2) is 0 Å². The van der Waals surface area contributed by atoms with Crippen LogP contribution in [0.4, 0.5) is 0 Å². The van der Waals surface area contributed by atoms with Crippen LogP contribution < -0.4 is 5.32 Å². The first-order valence-electron chi connectivity index (χ1n) is 8.19. The number of aromatic nitrogens is 5. The van der Waals surface area contributed by atoms with Crippen molar-refractivity contribution in [3.05, 3.63) is 29.1 Å². The lowest BCUT2D eigenvalue weighted by molar-refractivity contribution is 0.0936. The molecule has 23 heavy (non-hydrogen) atoms. The smallest absolute Gasteiger partial charge is 0.255 e. The third kappa shape index (κ3) is 2.87. The van der Waals surface area contributed by atoms with E-state index in [-0.39, 0.29) is 11.9 Å². The Morgan fingerprint density at radius 1 is 1.35 bits per heavy atom.